The molecule has 2 nitrogen and oxygen atoms in total. The van der Waals surface area contributed by atoms with Gasteiger partial charge in [0.05, 0.1) is 11.1 Å². The summed E-state index contributed by atoms with van der Waals surface area (Å²) in [6, 6.07) is 4.30. The lowest BCUT2D eigenvalue weighted by Crippen LogP contribution is -2.15. The van der Waals surface area contributed by atoms with Crippen LogP contribution in [-0.4, -0.2) is 4.98 Å². The standard InChI is InChI=1S/C13H7F6NO/c14-12(15,16)9-4-2-1-3-7(9)8-5-11(21)20-6-10(8)13(17,18)19/h1-6H,(H,20,21). The molecule has 0 saturated heterocycles. The maximum Gasteiger partial charge on any atom is 0.418 e. The molecule has 0 saturated carbocycles. The van der Waals surface area contributed by atoms with Crippen LogP contribution in [0, 0.1) is 0 Å². The molecule has 112 valence electrons. The average molecular weight is 307 g/mol. The number of hydrogen-bond acceptors (Lipinski definition) is 1. The van der Waals surface area contributed by atoms with Gasteiger partial charge in [0.15, 0.2) is 0 Å². The molecule has 21 heavy (non-hydrogen) atoms. The van der Waals surface area contributed by atoms with Crippen LogP contribution in [0.5, 0.6) is 0 Å². The van der Waals surface area contributed by atoms with Gasteiger partial charge in [-0.05, 0) is 11.6 Å². The van der Waals surface area contributed by atoms with Gasteiger partial charge in [-0.1, -0.05) is 18.2 Å². The van der Waals surface area contributed by atoms with Crippen molar-refractivity contribution in [1.82, 2.24) is 4.98 Å². The highest BCUT2D eigenvalue weighted by Gasteiger charge is 2.38. The highest BCUT2D eigenvalue weighted by molar-refractivity contribution is 5.71. The number of nitrogens with one attached hydrogen (secondary N) is 1. The Balaban J connectivity index is 2.80. The summed E-state index contributed by atoms with van der Waals surface area (Å²) in [6.07, 6.45) is -9.36. The first-order valence-corrected chi connectivity index (χ1v) is 5.57. The van der Waals surface area contributed by atoms with E-state index in [9.17, 15) is 31.1 Å². The summed E-state index contributed by atoms with van der Waals surface area (Å²) in [4.78, 5) is 13.0. The molecular weight excluding hydrogens is 300 g/mol. The van der Waals surface area contributed by atoms with Gasteiger partial charge < -0.3 is 4.98 Å². The molecule has 0 radical (unpaired) electrons. The second-order valence-electron chi connectivity index (χ2n) is 4.17. The molecule has 0 aliphatic heterocycles. The fourth-order valence-electron chi connectivity index (χ4n) is 1.89. The first-order valence-electron chi connectivity index (χ1n) is 5.57. The van der Waals surface area contributed by atoms with Gasteiger partial charge >= 0.3 is 12.4 Å². The second kappa shape index (κ2) is 4.94. The normalized spacial score (nSPS) is 12.5. The highest BCUT2D eigenvalue weighted by atomic mass is 19.4. The van der Waals surface area contributed by atoms with Crippen molar-refractivity contribution in [2.75, 3.05) is 0 Å². The summed E-state index contributed by atoms with van der Waals surface area (Å²) in [5, 5.41) is 0. The Morgan fingerprint density at radius 3 is 1.95 bits per heavy atom. The van der Waals surface area contributed by atoms with E-state index in [-0.39, 0.29) is 0 Å². The number of rotatable bonds is 1. The lowest BCUT2D eigenvalue weighted by atomic mass is 9.96. The van der Waals surface area contributed by atoms with Gasteiger partial charge in [0.25, 0.3) is 0 Å². The summed E-state index contributed by atoms with van der Waals surface area (Å²) in [7, 11) is 0. The molecular formula is C13H7F6NO. The van der Waals surface area contributed by atoms with Crippen LogP contribution < -0.4 is 5.56 Å². The van der Waals surface area contributed by atoms with Crippen LogP contribution in [0.15, 0.2) is 41.3 Å². The second-order valence-corrected chi connectivity index (χ2v) is 4.17. The van der Waals surface area contributed by atoms with Crippen molar-refractivity contribution in [3.8, 4) is 11.1 Å². The number of pyridine rings is 1. The maximum atomic E-state index is 12.9. The minimum atomic E-state index is -4.89. The van der Waals surface area contributed by atoms with E-state index in [2.05, 4.69) is 0 Å². The molecule has 0 unspecified atom stereocenters. The predicted octanol–water partition coefficient (Wildman–Crippen LogP) is 4.08. The molecule has 0 amide bonds. The van der Waals surface area contributed by atoms with Crippen LogP contribution in [-0.2, 0) is 12.4 Å². The van der Waals surface area contributed by atoms with Gasteiger partial charge in [-0.25, -0.2) is 0 Å². The van der Waals surface area contributed by atoms with Crippen molar-refractivity contribution < 1.29 is 26.3 Å². The molecule has 0 atom stereocenters. The molecule has 8 heteroatoms. The molecule has 1 aromatic heterocycles. The van der Waals surface area contributed by atoms with Gasteiger partial charge in [0.2, 0.25) is 5.56 Å². The Kier molecular flexibility index (Phi) is 3.56. The summed E-state index contributed by atoms with van der Waals surface area (Å²) >= 11 is 0. The van der Waals surface area contributed by atoms with E-state index in [0.717, 1.165) is 12.1 Å². The summed E-state index contributed by atoms with van der Waals surface area (Å²) < 4.78 is 77.4. The molecule has 0 fully saturated rings. The van der Waals surface area contributed by atoms with Gasteiger partial charge in [0.1, 0.15) is 0 Å². The third-order valence-electron chi connectivity index (χ3n) is 2.75. The smallest absolute Gasteiger partial charge is 0.328 e. The number of alkyl halides is 6. The Morgan fingerprint density at radius 1 is 0.810 bits per heavy atom. The number of halogens is 6. The molecule has 0 bridgehead atoms. The Bertz CT molecular complexity index is 714. The molecule has 0 aliphatic rings. The van der Waals surface area contributed by atoms with E-state index >= 15 is 0 Å². The van der Waals surface area contributed by atoms with Gasteiger partial charge in [-0.15, -0.1) is 0 Å². The van der Waals surface area contributed by atoms with Crippen LogP contribution in [0.25, 0.3) is 11.1 Å². The topological polar surface area (TPSA) is 32.9 Å². The Labute approximate surface area is 114 Å². The molecule has 0 spiro atoms. The van der Waals surface area contributed by atoms with E-state index in [1.165, 1.54) is 6.07 Å². The van der Waals surface area contributed by atoms with E-state index in [1.54, 1.807) is 0 Å². The minimum Gasteiger partial charge on any atom is -0.328 e. The molecule has 1 N–H and O–H groups in total. The van der Waals surface area contributed by atoms with Crippen molar-refractivity contribution in [3.63, 3.8) is 0 Å². The minimum absolute atomic E-state index is 0.366. The van der Waals surface area contributed by atoms with E-state index in [1.807, 2.05) is 4.98 Å². The maximum absolute atomic E-state index is 12.9. The van der Waals surface area contributed by atoms with Crippen molar-refractivity contribution >= 4 is 0 Å². The average Bonchev–Trinajstić information content (AvgIpc) is 2.36. The quantitative estimate of drug-likeness (QED) is 0.791. The predicted molar refractivity (Wildman–Crippen MR) is 62.5 cm³/mol. The van der Waals surface area contributed by atoms with Crippen LogP contribution in [0.3, 0.4) is 0 Å². The van der Waals surface area contributed by atoms with Crippen molar-refractivity contribution in [2.24, 2.45) is 0 Å². The third-order valence-corrected chi connectivity index (χ3v) is 2.75. The van der Waals surface area contributed by atoms with Crippen LogP contribution in [0.4, 0.5) is 26.3 Å². The fourth-order valence-corrected chi connectivity index (χ4v) is 1.89. The molecule has 0 aliphatic carbocycles. The zero-order valence-corrected chi connectivity index (χ0v) is 10.1. The molecule has 2 rings (SSSR count). The largest absolute Gasteiger partial charge is 0.418 e. The van der Waals surface area contributed by atoms with Crippen molar-refractivity contribution in [3.05, 3.63) is 58.0 Å². The Morgan fingerprint density at radius 2 is 1.38 bits per heavy atom. The summed E-state index contributed by atoms with van der Waals surface area (Å²) in [5.41, 5.74) is -4.99. The van der Waals surface area contributed by atoms with E-state index in [4.69, 9.17) is 0 Å². The highest BCUT2D eigenvalue weighted by Crippen LogP contribution is 2.41. The van der Waals surface area contributed by atoms with Crippen LogP contribution in [0.1, 0.15) is 11.1 Å². The third kappa shape index (κ3) is 3.09. The fraction of sp³-hybridized carbons (Fsp3) is 0.154. The molecule has 2 aromatic rings. The first kappa shape index (κ1) is 15.1. The van der Waals surface area contributed by atoms with Crippen molar-refractivity contribution in [2.45, 2.75) is 12.4 Å². The van der Waals surface area contributed by atoms with Crippen molar-refractivity contribution in [1.29, 1.82) is 0 Å². The van der Waals surface area contributed by atoms with E-state index < -0.39 is 40.2 Å². The first-order chi connectivity index (χ1) is 9.60. The van der Waals surface area contributed by atoms with Gasteiger partial charge in [-0.2, -0.15) is 26.3 Å². The van der Waals surface area contributed by atoms with Gasteiger partial charge in [-0.3, -0.25) is 4.79 Å². The lowest BCUT2D eigenvalue weighted by molar-refractivity contribution is -0.139. The van der Waals surface area contributed by atoms with E-state index in [0.29, 0.717) is 18.3 Å². The summed E-state index contributed by atoms with van der Waals surface area (Å²) in [5.74, 6) is 0. The zero-order chi connectivity index (χ0) is 15.8. The number of hydrogen-bond donors (Lipinski definition) is 1. The van der Waals surface area contributed by atoms with Crippen LogP contribution >= 0.6 is 0 Å². The number of H-pyrrole nitrogens is 1. The summed E-state index contributed by atoms with van der Waals surface area (Å²) in [6.45, 7) is 0. The van der Waals surface area contributed by atoms with Crippen LogP contribution in [0.2, 0.25) is 0 Å². The zero-order valence-electron chi connectivity index (χ0n) is 10.1. The number of benzene rings is 1. The monoisotopic (exact) mass is 307 g/mol. The SMILES string of the molecule is O=c1cc(-c2ccccc2C(F)(F)F)c(C(F)(F)F)c[nH]1. The number of aromatic nitrogens is 1. The Hall–Kier alpha value is -2.25. The number of aromatic amines is 1. The van der Waals surface area contributed by atoms with Gasteiger partial charge in [0, 0.05) is 17.8 Å². The lowest BCUT2D eigenvalue weighted by Gasteiger charge is -2.16. The molecule has 1 heterocycles. The molecule has 1 aromatic carbocycles.